The van der Waals surface area contributed by atoms with Crippen molar-refractivity contribution in [3.05, 3.63) is 66.4 Å². The topological polar surface area (TPSA) is 107 Å². The molecule has 2 aromatic heterocycles. The van der Waals surface area contributed by atoms with E-state index in [2.05, 4.69) is 51.0 Å². The normalized spacial score (nSPS) is 19.7. The molecule has 0 bridgehead atoms. The van der Waals surface area contributed by atoms with Crippen LogP contribution in [-0.4, -0.2) is 89.4 Å². The van der Waals surface area contributed by atoms with Crippen molar-refractivity contribution in [2.45, 2.75) is 25.9 Å². The fraction of sp³-hybridized carbons (Fsp3) is 0.355. The summed E-state index contributed by atoms with van der Waals surface area (Å²) >= 11 is 0. The van der Waals surface area contributed by atoms with Crippen molar-refractivity contribution in [1.29, 1.82) is 0 Å². The van der Waals surface area contributed by atoms with E-state index in [4.69, 9.17) is 4.74 Å². The first-order valence-electron chi connectivity index (χ1n) is 14.1. The molecule has 10 nitrogen and oxygen atoms in total. The van der Waals surface area contributed by atoms with E-state index in [0.29, 0.717) is 73.2 Å². The Labute approximate surface area is 243 Å². The van der Waals surface area contributed by atoms with Crippen molar-refractivity contribution in [3.8, 4) is 16.9 Å². The Morgan fingerprint density at radius 3 is 2.40 bits per heavy atom. The highest BCUT2D eigenvalue weighted by Crippen LogP contribution is 2.37. The van der Waals surface area contributed by atoms with Gasteiger partial charge in [0, 0.05) is 67.2 Å². The number of hydrogen-bond donors (Lipinski definition) is 2. The van der Waals surface area contributed by atoms with Crippen LogP contribution in [0.15, 0.2) is 55.0 Å². The standard InChI is InChI=1S/C31H34FN7O3/c1-19-17-39(18-20(2)37(19)3)27-13-24(32)23(21-14-34-31(35-15-21)38-8-10-42-11-9-38)12-26(27)36-30(41)29-22-6-4-5-7-25(22)33-16-28(29)40/h4-7,12-16,19-20,40H,8-11,17-18H2,1-3H3,(H,36,41). The lowest BCUT2D eigenvalue weighted by molar-refractivity contribution is 0.102. The number of hydrogen-bond acceptors (Lipinski definition) is 9. The molecule has 0 saturated carbocycles. The highest BCUT2D eigenvalue weighted by Gasteiger charge is 2.29. The fourth-order valence-corrected chi connectivity index (χ4v) is 5.69. The fourth-order valence-electron chi connectivity index (χ4n) is 5.69. The first-order chi connectivity index (χ1) is 20.3. The molecule has 2 aromatic carbocycles. The Bertz CT molecular complexity index is 1600. The molecular weight excluding hydrogens is 537 g/mol. The third kappa shape index (κ3) is 5.33. The van der Waals surface area contributed by atoms with Crippen LogP contribution in [0.4, 0.5) is 21.7 Å². The Morgan fingerprint density at radius 2 is 1.69 bits per heavy atom. The van der Waals surface area contributed by atoms with Crippen molar-refractivity contribution in [2.75, 3.05) is 61.6 Å². The Hall–Kier alpha value is -4.35. The number of benzene rings is 2. The van der Waals surface area contributed by atoms with Crippen LogP contribution in [0.1, 0.15) is 24.2 Å². The lowest BCUT2D eigenvalue weighted by Gasteiger charge is -2.44. The second-order valence-corrected chi connectivity index (χ2v) is 11.0. The number of pyridine rings is 1. The maximum absolute atomic E-state index is 15.8. The molecule has 0 aliphatic carbocycles. The summed E-state index contributed by atoms with van der Waals surface area (Å²) in [5.41, 5.74) is 2.44. The number of carbonyl (C=O) groups excluding carboxylic acids is 1. The number of aromatic hydroxyl groups is 1. The summed E-state index contributed by atoms with van der Waals surface area (Å²) in [5, 5.41) is 14.2. The van der Waals surface area contributed by atoms with Crippen LogP contribution < -0.4 is 15.1 Å². The van der Waals surface area contributed by atoms with E-state index < -0.39 is 11.7 Å². The van der Waals surface area contributed by atoms with Crippen LogP contribution in [0.2, 0.25) is 0 Å². The van der Waals surface area contributed by atoms with Crippen LogP contribution in [-0.2, 0) is 4.74 Å². The predicted octanol–water partition coefficient (Wildman–Crippen LogP) is 4.15. The van der Waals surface area contributed by atoms with Gasteiger partial charge in [0.05, 0.1) is 41.9 Å². The number of aromatic nitrogens is 3. The SMILES string of the molecule is CC1CN(c2cc(F)c(-c3cnc(N4CCOCC4)nc3)cc2NC(=O)c2c(O)cnc3ccccc23)CC(C)N1C. The van der Waals surface area contributed by atoms with Crippen LogP contribution in [0.25, 0.3) is 22.0 Å². The minimum atomic E-state index is -0.515. The van der Waals surface area contributed by atoms with Crippen LogP contribution in [0.3, 0.4) is 0 Å². The number of nitrogens with one attached hydrogen (secondary N) is 1. The number of rotatable bonds is 5. The van der Waals surface area contributed by atoms with E-state index in [1.54, 1.807) is 36.7 Å². The summed E-state index contributed by atoms with van der Waals surface area (Å²) in [6.07, 6.45) is 4.47. The Balaban J connectivity index is 1.40. The summed E-state index contributed by atoms with van der Waals surface area (Å²) in [6.45, 7) is 8.16. The number of likely N-dealkylation sites (N-methyl/N-ethyl adjacent to an activating group) is 1. The summed E-state index contributed by atoms with van der Waals surface area (Å²) in [5.74, 6) is -0.627. The zero-order valence-electron chi connectivity index (χ0n) is 23.9. The van der Waals surface area contributed by atoms with Crippen LogP contribution in [0.5, 0.6) is 5.75 Å². The van der Waals surface area contributed by atoms with Gasteiger partial charge in [0.1, 0.15) is 11.6 Å². The molecule has 42 heavy (non-hydrogen) atoms. The van der Waals surface area contributed by atoms with Gasteiger partial charge in [-0.3, -0.25) is 14.7 Å². The number of fused-ring (bicyclic) bond motifs is 1. The lowest BCUT2D eigenvalue weighted by atomic mass is 10.0. The number of para-hydroxylation sites is 1. The number of anilines is 3. The van der Waals surface area contributed by atoms with Crippen molar-refractivity contribution >= 4 is 34.1 Å². The molecule has 4 aromatic rings. The molecule has 1 amide bonds. The molecule has 2 aliphatic rings. The van der Waals surface area contributed by atoms with Crippen molar-refractivity contribution in [2.24, 2.45) is 0 Å². The molecule has 2 atom stereocenters. The number of piperazine rings is 1. The van der Waals surface area contributed by atoms with E-state index >= 15 is 4.39 Å². The molecule has 0 spiro atoms. The van der Waals surface area contributed by atoms with Gasteiger partial charge in [-0.2, -0.15) is 0 Å². The van der Waals surface area contributed by atoms with E-state index in [1.807, 2.05) is 11.0 Å². The smallest absolute Gasteiger partial charge is 0.260 e. The first-order valence-corrected chi connectivity index (χ1v) is 14.1. The second-order valence-electron chi connectivity index (χ2n) is 11.0. The van der Waals surface area contributed by atoms with Gasteiger partial charge in [-0.25, -0.2) is 14.4 Å². The summed E-state index contributed by atoms with van der Waals surface area (Å²) in [7, 11) is 2.08. The molecule has 11 heteroatoms. The molecule has 2 N–H and O–H groups in total. The summed E-state index contributed by atoms with van der Waals surface area (Å²) in [6, 6.07) is 10.7. The number of amides is 1. The van der Waals surface area contributed by atoms with E-state index in [-0.39, 0.29) is 29.0 Å². The number of halogens is 1. The van der Waals surface area contributed by atoms with E-state index in [9.17, 15) is 9.90 Å². The van der Waals surface area contributed by atoms with Crippen molar-refractivity contribution in [1.82, 2.24) is 19.9 Å². The maximum Gasteiger partial charge on any atom is 0.260 e. The highest BCUT2D eigenvalue weighted by molar-refractivity contribution is 6.15. The van der Waals surface area contributed by atoms with Crippen molar-refractivity contribution in [3.63, 3.8) is 0 Å². The molecule has 6 rings (SSSR count). The molecule has 4 heterocycles. The largest absolute Gasteiger partial charge is 0.505 e. The molecular formula is C31H34FN7O3. The average molecular weight is 572 g/mol. The monoisotopic (exact) mass is 571 g/mol. The van der Waals surface area contributed by atoms with Crippen LogP contribution >= 0.6 is 0 Å². The van der Waals surface area contributed by atoms with Gasteiger partial charge in [0.25, 0.3) is 5.91 Å². The number of nitrogens with zero attached hydrogens (tertiary/aromatic N) is 6. The van der Waals surface area contributed by atoms with Gasteiger partial charge in [0.15, 0.2) is 0 Å². The van der Waals surface area contributed by atoms with Gasteiger partial charge in [-0.1, -0.05) is 18.2 Å². The van der Waals surface area contributed by atoms with E-state index in [0.717, 1.165) is 0 Å². The average Bonchev–Trinajstić information content (AvgIpc) is 3.00. The Morgan fingerprint density at radius 1 is 1.00 bits per heavy atom. The number of morpholine rings is 1. The minimum Gasteiger partial charge on any atom is -0.505 e. The lowest BCUT2D eigenvalue weighted by Crippen LogP contribution is -2.55. The summed E-state index contributed by atoms with van der Waals surface area (Å²) in [4.78, 5) is 33.4. The third-order valence-corrected chi connectivity index (χ3v) is 8.26. The first kappa shape index (κ1) is 27.8. The molecule has 0 radical (unpaired) electrons. The predicted molar refractivity (Wildman–Crippen MR) is 161 cm³/mol. The van der Waals surface area contributed by atoms with Gasteiger partial charge in [0.2, 0.25) is 5.95 Å². The highest BCUT2D eigenvalue weighted by atomic mass is 19.1. The molecule has 2 fully saturated rings. The number of carbonyl (C=O) groups is 1. The van der Waals surface area contributed by atoms with Crippen molar-refractivity contribution < 1.29 is 19.0 Å². The van der Waals surface area contributed by atoms with E-state index in [1.165, 1.54) is 12.3 Å². The van der Waals surface area contributed by atoms with Gasteiger partial charge < -0.3 is 25.0 Å². The molecule has 2 saturated heterocycles. The zero-order valence-corrected chi connectivity index (χ0v) is 23.9. The molecule has 2 aliphatic heterocycles. The quantitative estimate of drug-likeness (QED) is 0.365. The zero-order chi connectivity index (χ0) is 29.4. The maximum atomic E-state index is 15.8. The number of ether oxygens (including phenoxy) is 1. The second kappa shape index (κ2) is 11.5. The van der Waals surface area contributed by atoms with Gasteiger partial charge >= 0.3 is 0 Å². The third-order valence-electron chi connectivity index (χ3n) is 8.26. The minimum absolute atomic E-state index is 0.107. The van der Waals surface area contributed by atoms with Crippen LogP contribution in [0, 0.1) is 5.82 Å². The van der Waals surface area contributed by atoms with Gasteiger partial charge in [-0.15, -0.1) is 0 Å². The van der Waals surface area contributed by atoms with Gasteiger partial charge in [-0.05, 0) is 39.1 Å². The molecule has 218 valence electrons. The summed E-state index contributed by atoms with van der Waals surface area (Å²) < 4.78 is 21.3. The Kier molecular flexibility index (Phi) is 7.61. The molecule has 2 unspecified atom stereocenters.